The number of nitrogens with zero attached hydrogens (tertiary/aromatic N) is 4. The van der Waals surface area contributed by atoms with Gasteiger partial charge in [0.1, 0.15) is 36.9 Å². The smallest absolute Gasteiger partial charge is 0.119 e. The first-order valence-electron chi connectivity index (χ1n) is 10.6. The molecule has 0 saturated carbocycles. The number of aliphatic hydroxyl groups excluding tert-OH is 2. The molecule has 0 spiro atoms. The van der Waals surface area contributed by atoms with Crippen LogP contribution in [0.15, 0.2) is 48.5 Å². The second-order valence-electron chi connectivity index (χ2n) is 7.80. The minimum absolute atomic E-state index is 0.192. The van der Waals surface area contributed by atoms with Crippen molar-refractivity contribution in [2.75, 3.05) is 52.5 Å². The molecular formula is C24H28N4O4. The highest BCUT2D eigenvalue weighted by atomic mass is 16.5. The molecule has 8 nitrogen and oxygen atoms in total. The Morgan fingerprint density at radius 2 is 1.03 bits per heavy atom. The van der Waals surface area contributed by atoms with Crippen LogP contribution in [0.25, 0.3) is 0 Å². The van der Waals surface area contributed by atoms with Crippen LogP contribution < -0.4 is 9.47 Å². The van der Waals surface area contributed by atoms with E-state index in [1.165, 1.54) is 0 Å². The Bertz CT molecular complexity index is 836. The van der Waals surface area contributed by atoms with Gasteiger partial charge in [-0.05, 0) is 48.5 Å². The Balaban J connectivity index is 1.30. The van der Waals surface area contributed by atoms with E-state index in [0.717, 1.165) is 26.2 Å². The summed E-state index contributed by atoms with van der Waals surface area (Å²) < 4.78 is 11.2. The lowest BCUT2D eigenvalue weighted by atomic mass is 10.2. The Hall–Kier alpha value is -3.14. The number of piperazine rings is 1. The fourth-order valence-electron chi connectivity index (χ4n) is 3.49. The topological polar surface area (TPSA) is 113 Å². The second-order valence-corrected chi connectivity index (χ2v) is 7.80. The van der Waals surface area contributed by atoms with Crippen LogP contribution in [0.1, 0.15) is 11.1 Å². The molecule has 0 aliphatic carbocycles. The third-order valence-electron chi connectivity index (χ3n) is 5.25. The Morgan fingerprint density at radius 3 is 1.34 bits per heavy atom. The van der Waals surface area contributed by atoms with E-state index in [2.05, 4.69) is 21.9 Å². The fourth-order valence-corrected chi connectivity index (χ4v) is 3.49. The van der Waals surface area contributed by atoms with Crippen molar-refractivity contribution >= 4 is 0 Å². The molecular weight excluding hydrogens is 408 g/mol. The van der Waals surface area contributed by atoms with E-state index in [4.69, 9.17) is 20.0 Å². The zero-order chi connectivity index (χ0) is 22.8. The maximum atomic E-state index is 10.3. The van der Waals surface area contributed by atoms with E-state index >= 15 is 0 Å². The van der Waals surface area contributed by atoms with Gasteiger partial charge in [0.25, 0.3) is 0 Å². The highest BCUT2D eigenvalue weighted by molar-refractivity contribution is 5.35. The molecule has 1 saturated heterocycles. The number of ether oxygens (including phenoxy) is 2. The zero-order valence-corrected chi connectivity index (χ0v) is 17.9. The molecule has 1 aliphatic heterocycles. The molecule has 1 aliphatic rings. The van der Waals surface area contributed by atoms with Gasteiger partial charge in [0.15, 0.2) is 0 Å². The van der Waals surface area contributed by atoms with Crippen LogP contribution in [-0.4, -0.2) is 84.7 Å². The monoisotopic (exact) mass is 436 g/mol. The van der Waals surface area contributed by atoms with Crippen molar-refractivity contribution in [1.29, 1.82) is 10.5 Å². The third-order valence-corrected chi connectivity index (χ3v) is 5.25. The Morgan fingerprint density at radius 1 is 0.688 bits per heavy atom. The van der Waals surface area contributed by atoms with Gasteiger partial charge >= 0.3 is 0 Å². The van der Waals surface area contributed by atoms with E-state index in [-0.39, 0.29) is 13.2 Å². The molecule has 32 heavy (non-hydrogen) atoms. The SMILES string of the molecule is N#Cc1ccc(OC[C@H](O)CN2CCN(C[C@@H](O)COc3ccc(C#N)cc3)CC2)cc1. The van der Waals surface area contributed by atoms with Gasteiger partial charge in [-0.2, -0.15) is 10.5 Å². The minimum Gasteiger partial charge on any atom is -0.491 e. The average Bonchev–Trinajstić information content (AvgIpc) is 2.83. The third kappa shape index (κ3) is 7.52. The molecule has 0 amide bonds. The van der Waals surface area contributed by atoms with Gasteiger partial charge in [-0.25, -0.2) is 0 Å². The van der Waals surface area contributed by atoms with Crippen molar-refractivity contribution in [3.63, 3.8) is 0 Å². The summed E-state index contributed by atoms with van der Waals surface area (Å²) in [5.41, 5.74) is 1.14. The molecule has 1 heterocycles. The van der Waals surface area contributed by atoms with Gasteiger partial charge < -0.3 is 19.7 Å². The zero-order valence-electron chi connectivity index (χ0n) is 17.9. The van der Waals surface area contributed by atoms with Crippen molar-refractivity contribution in [3.05, 3.63) is 59.7 Å². The lowest BCUT2D eigenvalue weighted by molar-refractivity contribution is 0.0240. The van der Waals surface area contributed by atoms with Crippen LogP contribution >= 0.6 is 0 Å². The van der Waals surface area contributed by atoms with Crippen LogP contribution in [0.4, 0.5) is 0 Å². The maximum Gasteiger partial charge on any atom is 0.119 e. The number of rotatable bonds is 10. The van der Waals surface area contributed by atoms with Crippen molar-refractivity contribution in [2.45, 2.75) is 12.2 Å². The van der Waals surface area contributed by atoms with E-state index in [0.29, 0.717) is 35.7 Å². The van der Waals surface area contributed by atoms with Gasteiger partial charge in [-0.3, -0.25) is 9.80 Å². The van der Waals surface area contributed by atoms with Crippen molar-refractivity contribution in [1.82, 2.24) is 9.80 Å². The van der Waals surface area contributed by atoms with Gasteiger partial charge in [-0.1, -0.05) is 0 Å². The number of β-amino-alcohol motifs (C(OH)–C–C–N with tert-alkyl or cyclic N) is 2. The summed E-state index contributed by atoms with van der Waals surface area (Å²) in [5, 5.41) is 38.2. The van der Waals surface area contributed by atoms with Gasteiger partial charge in [0, 0.05) is 39.3 Å². The molecule has 2 aromatic rings. The molecule has 8 heteroatoms. The first-order valence-corrected chi connectivity index (χ1v) is 10.6. The first kappa shape index (κ1) is 23.5. The number of aliphatic hydroxyl groups is 2. The largest absolute Gasteiger partial charge is 0.491 e. The fraction of sp³-hybridized carbons (Fsp3) is 0.417. The number of hydrogen-bond acceptors (Lipinski definition) is 8. The predicted octanol–water partition coefficient (Wildman–Crippen LogP) is 1.23. The second kappa shape index (κ2) is 12.0. The van der Waals surface area contributed by atoms with E-state index in [1.807, 2.05) is 0 Å². The highest BCUT2D eigenvalue weighted by Gasteiger charge is 2.21. The maximum absolute atomic E-state index is 10.3. The number of nitriles is 2. The molecule has 0 bridgehead atoms. The van der Waals surface area contributed by atoms with Crippen molar-refractivity contribution in [3.8, 4) is 23.6 Å². The minimum atomic E-state index is -0.608. The summed E-state index contributed by atoms with van der Waals surface area (Å²) in [4.78, 5) is 4.37. The van der Waals surface area contributed by atoms with Crippen LogP contribution in [-0.2, 0) is 0 Å². The summed E-state index contributed by atoms with van der Waals surface area (Å²) in [6.45, 7) is 4.64. The lowest BCUT2D eigenvalue weighted by Gasteiger charge is -2.36. The van der Waals surface area contributed by atoms with Crippen molar-refractivity contribution < 1.29 is 19.7 Å². The van der Waals surface area contributed by atoms with E-state index < -0.39 is 12.2 Å². The standard InChI is InChI=1S/C24H28N4O4/c25-13-19-1-5-23(6-2-19)31-17-21(29)15-27-9-11-28(12-10-27)16-22(30)18-32-24-7-3-20(14-26)4-8-24/h1-8,21-22,29-30H,9-12,15-18H2/t21-,22-/m1/s1. The van der Waals surface area contributed by atoms with Gasteiger partial charge in [0.2, 0.25) is 0 Å². The van der Waals surface area contributed by atoms with Gasteiger partial charge in [-0.15, -0.1) is 0 Å². The highest BCUT2D eigenvalue weighted by Crippen LogP contribution is 2.13. The molecule has 168 valence electrons. The lowest BCUT2D eigenvalue weighted by Crippen LogP contribution is -2.51. The van der Waals surface area contributed by atoms with Crippen LogP contribution in [0, 0.1) is 22.7 Å². The molecule has 0 unspecified atom stereocenters. The molecule has 2 aromatic carbocycles. The van der Waals surface area contributed by atoms with Gasteiger partial charge in [0.05, 0.1) is 23.3 Å². The summed E-state index contributed by atoms with van der Waals surface area (Å²) >= 11 is 0. The Labute approximate surface area is 188 Å². The quantitative estimate of drug-likeness (QED) is 0.572. The van der Waals surface area contributed by atoms with E-state index in [1.54, 1.807) is 48.5 Å². The van der Waals surface area contributed by atoms with E-state index in [9.17, 15) is 10.2 Å². The molecule has 2 atom stereocenters. The predicted molar refractivity (Wildman–Crippen MR) is 118 cm³/mol. The Kier molecular flexibility index (Phi) is 8.85. The molecule has 3 rings (SSSR count). The summed E-state index contributed by atoms with van der Waals surface area (Å²) in [5.74, 6) is 1.26. The van der Waals surface area contributed by atoms with Crippen LogP contribution in [0.2, 0.25) is 0 Å². The first-order chi connectivity index (χ1) is 15.6. The summed E-state index contributed by atoms with van der Waals surface area (Å²) in [6.07, 6.45) is -1.22. The van der Waals surface area contributed by atoms with Crippen molar-refractivity contribution in [2.24, 2.45) is 0 Å². The number of hydrogen-bond donors (Lipinski definition) is 2. The molecule has 0 radical (unpaired) electrons. The summed E-state index contributed by atoms with van der Waals surface area (Å²) in [7, 11) is 0. The number of benzene rings is 2. The summed E-state index contributed by atoms with van der Waals surface area (Å²) in [6, 6.07) is 17.7. The molecule has 2 N–H and O–H groups in total. The average molecular weight is 437 g/mol. The molecule has 0 aromatic heterocycles. The normalized spacial score (nSPS) is 16.5. The van der Waals surface area contributed by atoms with Crippen LogP contribution in [0.5, 0.6) is 11.5 Å². The molecule has 1 fully saturated rings. The van der Waals surface area contributed by atoms with Crippen LogP contribution in [0.3, 0.4) is 0 Å².